The maximum atomic E-state index is 13.2. The number of benzene rings is 1. The number of aliphatic hydroxyl groups excluding tert-OH is 1. The molecule has 0 aromatic heterocycles. The minimum absolute atomic E-state index is 0.119. The molecule has 118 valence electrons. The Bertz CT molecular complexity index is 476. The van der Waals surface area contributed by atoms with Crippen LogP contribution in [0.2, 0.25) is 0 Å². The lowest BCUT2D eigenvalue weighted by Crippen LogP contribution is -2.40. The maximum Gasteiger partial charge on any atom is 0.418 e. The summed E-state index contributed by atoms with van der Waals surface area (Å²) in [6.45, 7) is 1.36. The second-order valence-electron chi connectivity index (χ2n) is 5.12. The summed E-state index contributed by atoms with van der Waals surface area (Å²) in [5.74, 6) is 0. The smallest absolute Gasteiger partial charge is 0.395 e. The van der Waals surface area contributed by atoms with Gasteiger partial charge in [-0.15, -0.1) is 0 Å². The largest absolute Gasteiger partial charge is 0.418 e. The third-order valence-electron chi connectivity index (χ3n) is 3.58. The zero-order chi connectivity index (χ0) is 15.5. The number of rotatable bonds is 5. The van der Waals surface area contributed by atoms with E-state index in [-0.39, 0.29) is 24.9 Å². The van der Waals surface area contributed by atoms with E-state index in [9.17, 15) is 13.2 Å². The average Bonchev–Trinajstić information content (AvgIpc) is 2.90. The monoisotopic (exact) mass is 366 g/mol. The normalized spacial score (nSPS) is 19.0. The fraction of sp³-hybridized carbons (Fsp3) is 0.571. The number of halogens is 4. The zero-order valence-electron chi connectivity index (χ0n) is 11.5. The van der Waals surface area contributed by atoms with Gasteiger partial charge in [0.15, 0.2) is 0 Å². The first-order chi connectivity index (χ1) is 9.91. The number of nitrogens with zero attached hydrogens (tertiary/aromatic N) is 1. The molecule has 1 saturated heterocycles. The molecule has 1 fully saturated rings. The fourth-order valence-corrected chi connectivity index (χ4v) is 2.98. The minimum atomic E-state index is -4.42. The van der Waals surface area contributed by atoms with E-state index in [4.69, 9.17) is 5.11 Å². The molecule has 7 heteroatoms. The standard InChI is InChI=1S/C14H18BrF3N2O/c15-10-3-4-13(12(8-10)14(16,17)18)20(6-7-21)9-11-2-1-5-19-11/h3-4,8,11,19,21H,1-2,5-7,9H2. The number of nitrogens with one attached hydrogen (secondary N) is 1. The first kappa shape index (κ1) is 16.6. The predicted octanol–water partition coefficient (Wildman–Crippen LogP) is 3.02. The van der Waals surface area contributed by atoms with Gasteiger partial charge in [0.2, 0.25) is 0 Å². The van der Waals surface area contributed by atoms with Crippen LogP contribution in [0.25, 0.3) is 0 Å². The van der Waals surface area contributed by atoms with Gasteiger partial charge in [-0.2, -0.15) is 13.2 Å². The van der Waals surface area contributed by atoms with Gasteiger partial charge in [0, 0.05) is 29.3 Å². The molecular weight excluding hydrogens is 349 g/mol. The minimum Gasteiger partial charge on any atom is -0.395 e. The van der Waals surface area contributed by atoms with Crippen LogP contribution in [-0.4, -0.2) is 37.4 Å². The molecule has 0 bridgehead atoms. The van der Waals surface area contributed by atoms with Crippen molar-refractivity contribution in [3.05, 3.63) is 28.2 Å². The third kappa shape index (κ3) is 4.34. The summed E-state index contributed by atoms with van der Waals surface area (Å²) in [7, 11) is 0. The number of alkyl halides is 3. The molecule has 3 nitrogen and oxygen atoms in total. The van der Waals surface area contributed by atoms with Gasteiger partial charge in [-0.25, -0.2) is 0 Å². The third-order valence-corrected chi connectivity index (χ3v) is 4.07. The molecule has 1 atom stereocenters. The second-order valence-corrected chi connectivity index (χ2v) is 6.04. The summed E-state index contributed by atoms with van der Waals surface area (Å²) >= 11 is 3.08. The Hall–Kier alpha value is -0.790. The van der Waals surface area contributed by atoms with E-state index in [0.717, 1.165) is 25.5 Å². The highest BCUT2D eigenvalue weighted by Crippen LogP contribution is 2.38. The molecule has 1 aliphatic rings. The van der Waals surface area contributed by atoms with Crippen molar-refractivity contribution in [1.29, 1.82) is 0 Å². The molecule has 2 N–H and O–H groups in total. The van der Waals surface area contributed by atoms with Gasteiger partial charge in [-0.05, 0) is 37.6 Å². The van der Waals surface area contributed by atoms with E-state index in [0.29, 0.717) is 11.0 Å². The van der Waals surface area contributed by atoms with Crippen molar-refractivity contribution in [1.82, 2.24) is 5.32 Å². The summed E-state index contributed by atoms with van der Waals surface area (Å²) in [6.07, 6.45) is -2.44. The highest BCUT2D eigenvalue weighted by atomic mass is 79.9. The van der Waals surface area contributed by atoms with Crippen LogP contribution in [0.1, 0.15) is 18.4 Å². The second kappa shape index (κ2) is 6.98. The van der Waals surface area contributed by atoms with E-state index in [1.54, 1.807) is 11.0 Å². The lowest BCUT2D eigenvalue weighted by Gasteiger charge is -2.29. The summed E-state index contributed by atoms with van der Waals surface area (Å²) < 4.78 is 40.0. The van der Waals surface area contributed by atoms with Crippen molar-refractivity contribution in [3.63, 3.8) is 0 Å². The lowest BCUT2D eigenvalue weighted by molar-refractivity contribution is -0.137. The van der Waals surface area contributed by atoms with Crippen molar-refractivity contribution in [2.24, 2.45) is 0 Å². The Morgan fingerprint density at radius 2 is 2.14 bits per heavy atom. The van der Waals surface area contributed by atoms with Gasteiger partial charge in [0.05, 0.1) is 12.2 Å². The summed E-state index contributed by atoms with van der Waals surface area (Å²) in [6, 6.07) is 4.30. The Morgan fingerprint density at radius 1 is 1.38 bits per heavy atom. The Morgan fingerprint density at radius 3 is 2.71 bits per heavy atom. The maximum absolute atomic E-state index is 13.2. The van der Waals surface area contributed by atoms with Gasteiger partial charge in [-0.3, -0.25) is 0 Å². The number of hydrogen-bond donors (Lipinski definition) is 2. The van der Waals surface area contributed by atoms with Crippen LogP contribution in [0.5, 0.6) is 0 Å². The molecule has 1 aromatic rings. The van der Waals surface area contributed by atoms with E-state index in [1.807, 2.05) is 0 Å². The molecule has 2 rings (SSSR count). The Kier molecular flexibility index (Phi) is 5.51. The predicted molar refractivity (Wildman–Crippen MR) is 79.5 cm³/mol. The van der Waals surface area contributed by atoms with Crippen LogP contribution in [0, 0.1) is 0 Å². The van der Waals surface area contributed by atoms with Gasteiger partial charge < -0.3 is 15.3 Å². The van der Waals surface area contributed by atoms with Crippen LogP contribution in [0.3, 0.4) is 0 Å². The SMILES string of the molecule is OCCN(CC1CCCN1)c1ccc(Br)cc1C(F)(F)F. The Labute approximate surface area is 130 Å². The van der Waals surface area contributed by atoms with Crippen molar-refractivity contribution in [2.75, 3.05) is 31.1 Å². The molecule has 1 unspecified atom stereocenters. The first-order valence-corrected chi connectivity index (χ1v) is 7.67. The van der Waals surface area contributed by atoms with Crippen LogP contribution in [0.4, 0.5) is 18.9 Å². The van der Waals surface area contributed by atoms with E-state index in [1.165, 1.54) is 6.07 Å². The van der Waals surface area contributed by atoms with Crippen LogP contribution in [0.15, 0.2) is 22.7 Å². The van der Waals surface area contributed by atoms with Crippen molar-refractivity contribution >= 4 is 21.6 Å². The highest BCUT2D eigenvalue weighted by molar-refractivity contribution is 9.10. The number of anilines is 1. The van der Waals surface area contributed by atoms with Gasteiger partial charge in [0.25, 0.3) is 0 Å². The highest BCUT2D eigenvalue weighted by Gasteiger charge is 2.35. The average molecular weight is 367 g/mol. The summed E-state index contributed by atoms with van der Waals surface area (Å²) in [5, 5.41) is 12.4. The van der Waals surface area contributed by atoms with E-state index >= 15 is 0 Å². The molecule has 0 amide bonds. The summed E-state index contributed by atoms with van der Waals surface area (Å²) in [4.78, 5) is 1.61. The van der Waals surface area contributed by atoms with Crippen molar-refractivity contribution in [2.45, 2.75) is 25.1 Å². The molecule has 21 heavy (non-hydrogen) atoms. The molecule has 0 aliphatic carbocycles. The summed E-state index contributed by atoms with van der Waals surface area (Å²) in [5.41, 5.74) is -0.559. The molecule has 0 saturated carbocycles. The lowest BCUT2D eigenvalue weighted by atomic mass is 10.1. The van der Waals surface area contributed by atoms with Gasteiger partial charge in [-0.1, -0.05) is 15.9 Å². The zero-order valence-corrected chi connectivity index (χ0v) is 13.0. The first-order valence-electron chi connectivity index (χ1n) is 6.87. The van der Waals surface area contributed by atoms with Gasteiger partial charge >= 0.3 is 6.18 Å². The van der Waals surface area contributed by atoms with Crippen molar-refractivity contribution in [3.8, 4) is 0 Å². The number of hydrogen-bond acceptors (Lipinski definition) is 3. The quantitative estimate of drug-likeness (QED) is 0.840. The van der Waals surface area contributed by atoms with Crippen LogP contribution < -0.4 is 10.2 Å². The number of aliphatic hydroxyl groups is 1. The van der Waals surface area contributed by atoms with E-state index in [2.05, 4.69) is 21.2 Å². The topological polar surface area (TPSA) is 35.5 Å². The molecule has 1 aromatic carbocycles. The molecule has 0 radical (unpaired) electrons. The van der Waals surface area contributed by atoms with Gasteiger partial charge in [0.1, 0.15) is 0 Å². The molecule has 1 aliphatic heterocycles. The molecular formula is C14H18BrF3N2O. The molecule has 1 heterocycles. The van der Waals surface area contributed by atoms with Crippen molar-refractivity contribution < 1.29 is 18.3 Å². The molecule has 0 spiro atoms. The van der Waals surface area contributed by atoms with E-state index < -0.39 is 11.7 Å². The van der Waals surface area contributed by atoms with Crippen LogP contribution in [-0.2, 0) is 6.18 Å². The Balaban J connectivity index is 2.30. The van der Waals surface area contributed by atoms with Crippen LogP contribution >= 0.6 is 15.9 Å². The fourth-order valence-electron chi connectivity index (χ4n) is 2.62.